The molecule has 1 heterocycles. The van der Waals surface area contributed by atoms with Gasteiger partial charge in [-0.25, -0.2) is 4.39 Å². The van der Waals surface area contributed by atoms with Crippen molar-refractivity contribution in [2.24, 2.45) is 0 Å². The quantitative estimate of drug-likeness (QED) is 0.632. The number of hydrogen-bond donors (Lipinski definition) is 0. The fraction of sp³-hybridized carbons (Fsp3) is 0.562. The van der Waals surface area contributed by atoms with Crippen molar-refractivity contribution < 1.29 is 23.2 Å². The maximum absolute atomic E-state index is 13.9. The third kappa shape index (κ3) is 3.33. The molecular weight excluding hydrogens is 286 g/mol. The Hall–Kier alpha value is -1.40. The minimum Gasteiger partial charge on any atom is -0.466 e. The van der Waals surface area contributed by atoms with Crippen LogP contribution in [-0.2, 0) is 25.3 Å². The van der Waals surface area contributed by atoms with Gasteiger partial charge in [-0.05, 0) is 51.7 Å². The van der Waals surface area contributed by atoms with Gasteiger partial charge in [0.05, 0.1) is 24.2 Å². The van der Waals surface area contributed by atoms with Gasteiger partial charge in [-0.2, -0.15) is 0 Å². The summed E-state index contributed by atoms with van der Waals surface area (Å²) in [7, 11) is -0.577. The first-order valence-corrected chi connectivity index (χ1v) is 7.46. The van der Waals surface area contributed by atoms with Gasteiger partial charge in [0.1, 0.15) is 5.82 Å². The van der Waals surface area contributed by atoms with E-state index >= 15 is 0 Å². The van der Waals surface area contributed by atoms with Crippen molar-refractivity contribution in [1.82, 2.24) is 0 Å². The number of rotatable bonds is 4. The van der Waals surface area contributed by atoms with Gasteiger partial charge in [0.15, 0.2) is 0 Å². The van der Waals surface area contributed by atoms with E-state index in [2.05, 4.69) is 0 Å². The molecule has 0 unspecified atom stereocenters. The van der Waals surface area contributed by atoms with Crippen molar-refractivity contribution in [1.29, 1.82) is 0 Å². The van der Waals surface area contributed by atoms with Gasteiger partial charge in [0, 0.05) is 0 Å². The van der Waals surface area contributed by atoms with Crippen LogP contribution in [0, 0.1) is 5.82 Å². The van der Waals surface area contributed by atoms with Crippen LogP contribution >= 0.6 is 0 Å². The van der Waals surface area contributed by atoms with E-state index in [1.807, 2.05) is 27.7 Å². The molecule has 0 N–H and O–H groups in total. The molecule has 1 aromatic carbocycles. The summed E-state index contributed by atoms with van der Waals surface area (Å²) < 4.78 is 30.6. The van der Waals surface area contributed by atoms with Crippen LogP contribution in [0.2, 0.25) is 0 Å². The van der Waals surface area contributed by atoms with Crippen LogP contribution in [0.15, 0.2) is 18.2 Å². The molecule has 1 aliphatic rings. The monoisotopic (exact) mass is 308 g/mol. The van der Waals surface area contributed by atoms with Gasteiger partial charge in [-0.15, -0.1) is 0 Å². The van der Waals surface area contributed by atoms with Crippen LogP contribution in [0.4, 0.5) is 4.39 Å². The van der Waals surface area contributed by atoms with Gasteiger partial charge >= 0.3 is 13.1 Å². The van der Waals surface area contributed by atoms with E-state index in [4.69, 9.17) is 14.0 Å². The molecule has 0 radical (unpaired) electrons. The van der Waals surface area contributed by atoms with Crippen LogP contribution in [0.1, 0.15) is 40.2 Å². The molecule has 120 valence electrons. The van der Waals surface area contributed by atoms with Crippen molar-refractivity contribution >= 4 is 18.6 Å². The molecule has 0 aliphatic carbocycles. The highest BCUT2D eigenvalue weighted by Crippen LogP contribution is 2.36. The third-order valence-corrected chi connectivity index (χ3v) is 4.24. The molecule has 6 heteroatoms. The number of halogens is 1. The van der Waals surface area contributed by atoms with E-state index in [0.29, 0.717) is 5.46 Å². The largest absolute Gasteiger partial charge is 0.494 e. The second kappa shape index (κ2) is 6.01. The Kier molecular flexibility index (Phi) is 4.63. The van der Waals surface area contributed by atoms with Gasteiger partial charge in [0.25, 0.3) is 0 Å². The Labute approximate surface area is 131 Å². The number of carbonyl (C=O) groups is 1. The van der Waals surface area contributed by atoms with Crippen LogP contribution in [0.3, 0.4) is 0 Å². The lowest BCUT2D eigenvalue weighted by molar-refractivity contribution is -0.142. The predicted octanol–water partition coefficient (Wildman–Crippen LogP) is 2.23. The lowest BCUT2D eigenvalue weighted by Crippen LogP contribution is -2.41. The molecule has 0 bridgehead atoms. The molecule has 1 aliphatic heterocycles. The molecule has 1 fully saturated rings. The molecule has 0 amide bonds. The maximum Gasteiger partial charge on any atom is 0.494 e. The first kappa shape index (κ1) is 17.0. The summed E-state index contributed by atoms with van der Waals surface area (Å²) in [5.74, 6) is -0.888. The first-order chi connectivity index (χ1) is 10.2. The molecule has 0 atom stereocenters. The zero-order chi connectivity index (χ0) is 16.5. The summed E-state index contributed by atoms with van der Waals surface area (Å²) in [6, 6.07) is 4.55. The highest BCUT2D eigenvalue weighted by atomic mass is 19.1. The number of esters is 1. The Balaban J connectivity index is 2.22. The summed E-state index contributed by atoms with van der Waals surface area (Å²) >= 11 is 0. The van der Waals surface area contributed by atoms with Crippen molar-refractivity contribution in [3.63, 3.8) is 0 Å². The number of carbonyl (C=O) groups excluding carboxylic acids is 1. The lowest BCUT2D eigenvalue weighted by Gasteiger charge is -2.32. The molecule has 1 saturated heterocycles. The minimum absolute atomic E-state index is 0.104. The molecule has 0 aromatic heterocycles. The van der Waals surface area contributed by atoms with Crippen molar-refractivity contribution in [2.75, 3.05) is 6.61 Å². The number of hydrogen-bond acceptors (Lipinski definition) is 4. The SMILES string of the molecule is CCOC(=O)Cc1cc(B2OC(C)(C)C(C)(C)O2)ccc1F. The summed E-state index contributed by atoms with van der Waals surface area (Å²) in [5.41, 5.74) is 0.0470. The first-order valence-electron chi connectivity index (χ1n) is 7.46. The molecule has 22 heavy (non-hydrogen) atoms. The van der Waals surface area contributed by atoms with Crippen molar-refractivity contribution in [3.8, 4) is 0 Å². The summed E-state index contributed by atoms with van der Waals surface area (Å²) in [6.45, 7) is 9.81. The van der Waals surface area contributed by atoms with Crippen LogP contribution in [0.5, 0.6) is 0 Å². The summed E-state index contributed by atoms with van der Waals surface area (Å²) in [5, 5.41) is 0. The standard InChI is InChI=1S/C16H22BFO4/c1-6-20-14(19)10-11-9-12(7-8-13(11)18)17-21-15(2,3)16(4,5)22-17/h7-9H,6,10H2,1-5H3. The van der Waals surface area contributed by atoms with Gasteiger partial charge in [0.2, 0.25) is 0 Å². The Morgan fingerprint density at radius 3 is 2.36 bits per heavy atom. The molecule has 2 rings (SSSR count). The zero-order valence-electron chi connectivity index (χ0n) is 13.7. The second-order valence-electron chi connectivity index (χ2n) is 6.42. The average molecular weight is 308 g/mol. The Morgan fingerprint density at radius 1 is 1.23 bits per heavy atom. The summed E-state index contributed by atoms with van der Waals surface area (Å²) in [6.07, 6.45) is -0.104. The van der Waals surface area contributed by atoms with Crippen LogP contribution in [0.25, 0.3) is 0 Å². The molecule has 0 saturated carbocycles. The normalized spacial score (nSPS) is 19.3. The highest BCUT2D eigenvalue weighted by molar-refractivity contribution is 6.62. The Bertz CT molecular complexity index is 555. The van der Waals surface area contributed by atoms with Gasteiger partial charge in [-0.3, -0.25) is 4.79 Å². The van der Waals surface area contributed by atoms with Crippen molar-refractivity contribution in [2.45, 2.75) is 52.2 Å². The topological polar surface area (TPSA) is 44.8 Å². The average Bonchev–Trinajstić information content (AvgIpc) is 2.61. The van der Waals surface area contributed by atoms with Gasteiger partial charge < -0.3 is 14.0 Å². The zero-order valence-corrected chi connectivity index (χ0v) is 13.7. The van der Waals surface area contributed by atoms with Gasteiger partial charge in [-0.1, -0.05) is 12.1 Å². The van der Waals surface area contributed by atoms with E-state index in [1.165, 1.54) is 6.07 Å². The maximum atomic E-state index is 13.9. The van der Waals surface area contributed by atoms with Crippen molar-refractivity contribution in [3.05, 3.63) is 29.6 Å². The summed E-state index contributed by atoms with van der Waals surface area (Å²) in [4.78, 5) is 11.6. The van der Waals surface area contributed by atoms with E-state index < -0.39 is 30.1 Å². The fourth-order valence-electron chi connectivity index (χ4n) is 2.22. The molecule has 1 aromatic rings. The number of benzene rings is 1. The smallest absolute Gasteiger partial charge is 0.466 e. The lowest BCUT2D eigenvalue weighted by atomic mass is 9.78. The highest BCUT2D eigenvalue weighted by Gasteiger charge is 2.51. The second-order valence-corrected chi connectivity index (χ2v) is 6.42. The molecule has 0 spiro atoms. The minimum atomic E-state index is -0.577. The van der Waals surface area contributed by atoms with Crippen LogP contribution in [-0.4, -0.2) is 30.9 Å². The number of ether oxygens (including phenoxy) is 1. The van der Waals surface area contributed by atoms with E-state index in [0.717, 1.165) is 0 Å². The molecule has 4 nitrogen and oxygen atoms in total. The molecular formula is C16H22BFO4. The van der Waals surface area contributed by atoms with E-state index in [-0.39, 0.29) is 18.6 Å². The third-order valence-electron chi connectivity index (χ3n) is 4.24. The Morgan fingerprint density at radius 2 is 1.82 bits per heavy atom. The van der Waals surface area contributed by atoms with Crippen LogP contribution < -0.4 is 5.46 Å². The van der Waals surface area contributed by atoms with E-state index in [1.54, 1.807) is 19.1 Å². The fourth-order valence-corrected chi connectivity index (χ4v) is 2.22. The predicted molar refractivity (Wildman–Crippen MR) is 82.5 cm³/mol. The van der Waals surface area contributed by atoms with E-state index in [9.17, 15) is 9.18 Å².